The number of urea groups is 1. The molecule has 1 aromatic heterocycles. The number of aryl methyl sites for hydroxylation is 1. The molecule has 102 valence electrons. The number of amides is 3. The number of rotatable bonds is 4. The molecule has 2 heterocycles. The average molecular weight is 263 g/mol. The van der Waals surface area contributed by atoms with Crippen LogP contribution in [-0.2, 0) is 11.3 Å². The largest absolute Gasteiger partial charge is 0.464 e. The number of hydrogen-bond acceptors (Lipinski definition) is 3. The predicted molar refractivity (Wildman–Crippen MR) is 67.3 cm³/mol. The summed E-state index contributed by atoms with van der Waals surface area (Å²) in [5.74, 6) is 1.60. The molecule has 0 unspecified atom stereocenters. The Morgan fingerprint density at radius 2 is 2.26 bits per heavy atom. The van der Waals surface area contributed by atoms with E-state index >= 15 is 0 Å². The van der Waals surface area contributed by atoms with Crippen LogP contribution in [0.15, 0.2) is 16.5 Å². The fraction of sp³-hybridized carbons (Fsp3) is 0.538. The van der Waals surface area contributed by atoms with Gasteiger partial charge in [0.2, 0.25) is 5.91 Å². The molecule has 1 aliphatic heterocycles. The zero-order chi connectivity index (χ0) is 13.4. The van der Waals surface area contributed by atoms with Crippen LogP contribution in [0.25, 0.3) is 0 Å². The monoisotopic (exact) mass is 263 g/mol. The second-order valence-electron chi connectivity index (χ2n) is 5.12. The van der Waals surface area contributed by atoms with Crippen molar-refractivity contribution in [2.24, 2.45) is 0 Å². The molecule has 1 saturated heterocycles. The number of furan rings is 1. The first kappa shape index (κ1) is 12.1. The van der Waals surface area contributed by atoms with E-state index in [9.17, 15) is 9.59 Å². The van der Waals surface area contributed by atoms with Crippen molar-refractivity contribution in [1.82, 2.24) is 15.5 Å². The van der Waals surface area contributed by atoms with Crippen LogP contribution in [0.4, 0.5) is 4.79 Å². The third kappa shape index (κ3) is 2.57. The first-order valence-corrected chi connectivity index (χ1v) is 6.53. The summed E-state index contributed by atoms with van der Waals surface area (Å²) in [6.45, 7) is 2.72. The van der Waals surface area contributed by atoms with Gasteiger partial charge in [0, 0.05) is 12.6 Å². The highest BCUT2D eigenvalue weighted by atomic mass is 16.3. The van der Waals surface area contributed by atoms with Gasteiger partial charge in [-0.2, -0.15) is 0 Å². The molecule has 19 heavy (non-hydrogen) atoms. The van der Waals surface area contributed by atoms with Gasteiger partial charge in [-0.3, -0.25) is 4.79 Å². The second-order valence-corrected chi connectivity index (χ2v) is 5.12. The van der Waals surface area contributed by atoms with Crippen molar-refractivity contribution in [3.63, 3.8) is 0 Å². The Kier molecular flexibility index (Phi) is 2.93. The molecule has 2 fully saturated rings. The molecule has 0 spiro atoms. The van der Waals surface area contributed by atoms with E-state index in [1.807, 2.05) is 24.0 Å². The third-order valence-electron chi connectivity index (χ3n) is 3.46. The summed E-state index contributed by atoms with van der Waals surface area (Å²) in [5, 5.41) is 5.25. The minimum absolute atomic E-state index is 0.0325. The molecule has 3 amide bonds. The van der Waals surface area contributed by atoms with Crippen LogP contribution in [0.5, 0.6) is 0 Å². The maximum Gasteiger partial charge on any atom is 0.315 e. The van der Waals surface area contributed by atoms with E-state index in [2.05, 4.69) is 10.6 Å². The Labute approximate surface area is 111 Å². The summed E-state index contributed by atoms with van der Waals surface area (Å²) < 4.78 is 5.53. The fourth-order valence-electron chi connectivity index (χ4n) is 2.32. The Hall–Kier alpha value is -1.98. The summed E-state index contributed by atoms with van der Waals surface area (Å²) in [5.41, 5.74) is 0. The van der Waals surface area contributed by atoms with Crippen LogP contribution in [0.3, 0.4) is 0 Å². The highest BCUT2D eigenvalue weighted by Gasteiger charge is 2.38. The van der Waals surface area contributed by atoms with Gasteiger partial charge in [0.1, 0.15) is 17.6 Å². The molecule has 2 aliphatic rings. The lowest BCUT2D eigenvalue weighted by Crippen LogP contribution is -2.46. The van der Waals surface area contributed by atoms with Gasteiger partial charge in [-0.15, -0.1) is 0 Å². The average Bonchev–Trinajstić information content (AvgIpc) is 3.00. The van der Waals surface area contributed by atoms with Crippen molar-refractivity contribution in [3.8, 4) is 0 Å². The van der Waals surface area contributed by atoms with Crippen LogP contribution < -0.4 is 10.6 Å². The van der Waals surface area contributed by atoms with Crippen molar-refractivity contribution in [2.45, 2.75) is 38.4 Å². The minimum atomic E-state index is -0.454. The fourth-order valence-corrected chi connectivity index (χ4v) is 2.32. The van der Waals surface area contributed by atoms with Crippen LogP contribution in [0.1, 0.15) is 24.4 Å². The Balaban J connectivity index is 1.70. The number of nitrogens with one attached hydrogen (secondary N) is 2. The van der Waals surface area contributed by atoms with E-state index in [0.29, 0.717) is 13.1 Å². The molecule has 0 radical (unpaired) electrons. The topological polar surface area (TPSA) is 74.6 Å². The lowest BCUT2D eigenvalue weighted by molar-refractivity contribution is -0.134. The van der Waals surface area contributed by atoms with E-state index in [-0.39, 0.29) is 18.0 Å². The number of hydrogen-bond donors (Lipinski definition) is 2. The number of carbonyl (C=O) groups excluding carboxylic acids is 2. The standard InChI is InChI=1S/C13H17N3O3/c1-8-2-5-10(19-8)7-16(9-3-4-9)12(17)11-6-14-13(18)15-11/h2,5,9,11H,3-4,6-7H2,1H3,(H2,14,15,18)/t11-/m0/s1. The molecule has 1 saturated carbocycles. The third-order valence-corrected chi connectivity index (χ3v) is 3.46. The van der Waals surface area contributed by atoms with Crippen molar-refractivity contribution in [1.29, 1.82) is 0 Å². The number of nitrogens with zero attached hydrogens (tertiary/aromatic N) is 1. The van der Waals surface area contributed by atoms with Gasteiger partial charge in [-0.1, -0.05) is 0 Å². The Bertz CT molecular complexity index is 507. The Morgan fingerprint density at radius 3 is 2.79 bits per heavy atom. The van der Waals surface area contributed by atoms with Crippen LogP contribution in [-0.4, -0.2) is 35.5 Å². The van der Waals surface area contributed by atoms with Crippen molar-refractivity contribution >= 4 is 11.9 Å². The van der Waals surface area contributed by atoms with Crippen LogP contribution in [0, 0.1) is 6.92 Å². The van der Waals surface area contributed by atoms with Crippen molar-refractivity contribution in [3.05, 3.63) is 23.7 Å². The van der Waals surface area contributed by atoms with Crippen LogP contribution >= 0.6 is 0 Å². The van der Waals surface area contributed by atoms with E-state index in [1.165, 1.54) is 0 Å². The minimum Gasteiger partial charge on any atom is -0.464 e. The normalized spacial score (nSPS) is 21.9. The van der Waals surface area contributed by atoms with Gasteiger partial charge >= 0.3 is 6.03 Å². The quantitative estimate of drug-likeness (QED) is 0.842. The lowest BCUT2D eigenvalue weighted by Gasteiger charge is -2.24. The first-order valence-electron chi connectivity index (χ1n) is 6.53. The maximum absolute atomic E-state index is 12.4. The summed E-state index contributed by atoms with van der Waals surface area (Å²) >= 11 is 0. The predicted octanol–water partition coefficient (Wildman–Crippen LogP) is 0.760. The van der Waals surface area contributed by atoms with Gasteiger partial charge in [-0.05, 0) is 31.9 Å². The molecule has 1 atom stereocenters. The molecule has 3 rings (SSSR count). The molecule has 0 bridgehead atoms. The van der Waals surface area contributed by atoms with Crippen molar-refractivity contribution < 1.29 is 14.0 Å². The first-order chi connectivity index (χ1) is 9.13. The summed E-state index contributed by atoms with van der Waals surface area (Å²) in [6, 6.07) is 3.34. The molecular weight excluding hydrogens is 246 g/mol. The van der Waals surface area contributed by atoms with E-state index < -0.39 is 6.04 Å². The molecule has 1 aliphatic carbocycles. The highest BCUT2D eigenvalue weighted by molar-refractivity contribution is 5.90. The zero-order valence-corrected chi connectivity index (χ0v) is 10.8. The molecule has 0 aromatic carbocycles. The van der Waals surface area contributed by atoms with E-state index in [4.69, 9.17) is 4.42 Å². The summed E-state index contributed by atoms with van der Waals surface area (Å²) in [7, 11) is 0. The molecule has 6 nitrogen and oxygen atoms in total. The highest BCUT2D eigenvalue weighted by Crippen LogP contribution is 2.29. The Morgan fingerprint density at radius 1 is 1.47 bits per heavy atom. The van der Waals surface area contributed by atoms with E-state index in [0.717, 1.165) is 24.4 Å². The van der Waals surface area contributed by atoms with Gasteiger partial charge in [0.15, 0.2) is 0 Å². The molecule has 2 N–H and O–H groups in total. The molecular formula is C13H17N3O3. The van der Waals surface area contributed by atoms with Gasteiger partial charge < -0.3 is 20.0 Å². The summed E-state index contributed by atoms with van der Waals surface area (Å²) in [6.07, 6.45) is 2.05. The maximum atomic E-state index is 12.4. The number of carbonyl (C=O) groups is 2. The molecule has 1 aromatic rings. The second kappa shape index (κ2) is 4.60. The van der Waals surface area contributed by atoms with Gasteiger partial charge in [-0.25, -0.2) is 4.79 Å². The van der Waals surface area contributed by atoms with E-state index in [1.54, 1.807) is 0 Å². The van der Waals surface area contributed by atoms with Gasteiger partial charge in [0.25, 0.3) is 0 Å². The SMILES string of the molecule is Cc1ccc(CN(C(=O)[C@@H]2CNC(=O)N2)C2CC2)o1. The van der Waals surface area contributed by atoms with Crippen LogP contribution in [0.2, 0.25) is 0 Å². The smallest absolute Gasteiger partial charge is 0.315 e. The summed E-state index contributed by atoms with van der Waals surface area (Å²) in [4.78, 5) is 25.3. The zero-order valence-electron chi connectivity index (χ0n) is 10.8. The van der Waals surface area contributed by atoms with Gasteiger partial charge in [0.05, 0.1) is 6.54 Å². The van der Waals surface area contributed by atoms with Crippen molar-refractivity contribution in [2.75, 3.05) is 6.54 Å². The molecule has 6 heteroatoms. The lowest BCUT2D eigenvalue weighted by atomic mass is 10.2.